The second-order valence-electron chi connectivity index (χ2n) is 3.76. The summed E-state index contributed by atoms with van der Waals surface area (Å²) in [6, 6.07) is 3.39. The van der Waals surface area contributed by atoms with E-state index < -0.39 is 6.10 Å². The maximum absolute atomic E-state index is 11.5. The maximum Gasteiger partial charge on any atom is 0.252 e. The Balaban J connectivity index is 2.44. The SMILES string of the molecule is CC(C)C(O)CNC(=O)c1cccnc1. The quantitative estimate of drug-likeness (QED) is 0.770. The molecule has 1 amide bonds. The minimum Gasteiger partial charge on any atom is -0.391 e. The van der Waals surface area contributed by atoms with Crippen molar-refractivity contribution in [1.82, 2.24) is 10.3 Å². The molecule has 82 valence electrons. The highest BCUT2D eigenvalue weighted by molar-refractivity contribution is 5.93. The molecule has 15 heavy (non-hydrogen) atoms. The Morgan fingerprint density at radius 3 is 2.87 bits per heavy atom. The number of pyridine rings is 1. The van der Waals surface area contributed by atoms with Gasteiger partial charge in [-0.25, -0.2) is 0 Å². The predicted octanol–water partition coefficient (Wildman–Crippen LogP) is 0.828. The lowest BCUT2D eigenvalue weighted by Crippen LogP contribution is -2.34. The van der Waals surface area contributed by atoms with Crippen LogP contribution < -0.4 is 5.32 Å². The van der Waals surface area contributed by atoms with Crippen molar-refractivity contribution in [2.45, 2.75) is 20.0 Å². The summed E-state index contributed by atoms with van der Waals surface area (Å²) in [6.45, 7) is 4.08. The molecule has 0 bridgehead atoms. The summed E-state index contributed by atoms with van der Waals surface area (Å²) in [5.74, 6) is -0.0676. The van der Waals surface area contributed by atoms with Gasteiger partial charge in [-0.05, 0) is 18.1 Å². The fourth-order valence-electron chi connectivity index (χ4n) is 1.03. The molecule has 1 atom stereocenters. The maximum atomic E-state index is 11.5. The molecule has 1 rings (SSSR count). The third-order valence-corrected chi connectivity index (χ3v) is 2.17. The second kappa shape index (κ2) is 5.46. The van der Waals surface area contributed by atoms with Crippen molar-refractivity contribution in [1.29, 1.82) is 0 Å². The van der Waals surface area contributed by atoms with Crippen LogP contribution in [-0.4, -0.2) is 28.6 Å². The third-order valence-electron chi connectivity index (χ3n) is 2.17. The van der Waals surface area contributed by atoms with Gasteiger partial charge in [-0.3, -0.25) is 9.78 Å². The van der Waals surface area contributed by atoms with Gasteiger partial charge in [-0.15, -0.1) is 0 Å². The number of carbonyl (C=O) groups excluding carboxylic acids is 1. The monoisotopic (exact) mass is 208 g/mol. The molecule has 0 aliphatic rings. The van der Waals surface area contributed by atoms with Crippen LogP contribution in [0.25, 0.3) is 0 Å². The number of aromatic nitrogens is 1. The number of aliphatic hydroxyl groups is 1. The van der Waals surface area contributed by atoms with Gasteiger partial charge in [0.2, 0.25) is 0 Å². The van der Waals surface area contributed by atoms with E-state index in [1.807, 2.05) is 13.8 Å². The molecule has 0 aromatic carbocycles. The molecular weight excluding hydrogens is 192 g/mol. The van der Waals surface area contributed by atoms with E-state index in [4.69, 9.17) is 0 Å². The Labute approximate surface area is 89.3 Å². The summed E-state index contributed by atoms with van der Waals surface area (Å²) in [6.07, 6.45) is 2.60. The summed E-state index contributed by atoms with van der Waals surface area (Å²) >= 11 is 0. The molecular formula is C11H16N2O2. The summed E-state index contributed by atoms with van der Waals surface area (Å²) in [5.41, 5.74) is 0.508. The van der Waals surface area contributed by atoms with Gasteiger partial charge in [-0.1, -0.05) is 13.8 Å². The Morgan fingerprint density at radius 2 is 2.33 bits per heavy atom. The molecule has 1 aromatic heterocycles. The zero-order valence-corrected chi connectivity index (χ0v) is 8.97. The zero-order chi connectivity index (χ0) is 11.3. The van der Waals surface area contributed by atoms with E-state index in [2.05, 4.69) is 10.3 Å². The molecule has 0 spiro atoms. The van der Waals surface area contributed by atoms with Crippen LogP contribution in [0.1, 0.15) is 24.2 Å². The Morgan fingerprint density at radius 1 is 1.60 bits per heavy atom. The number of hydrogen-bond donors (Lipinski definition) is 2. The predicted molar refractivity (Wildman–Crippen MR) is 57.4 cm³/mol. The number of aliphatic hydroxyl groups excluding tert-OH is 1. The number of nitrogens with zero attached hydrogens (tertiary/aromatic N) is 1. The van der Waals surface area contributed by atoms with Gasteiger partial charge in [0.05, 0.1) is 11.7 Å². The van der Waals surface area contributed by atoms with Crippen LogP contribution in [-0.2, 0) is 0 Å². The molecule has 1 aromatic rings. The molecule has 0 saturated carbocycles. The van der Waals surface area contributed by atoms with Gasteiger partial charge in [0.1, 0.15) is 0 Å². The molecule has 4 heteroatoms. The first-order valence-electron chi connectivity index (χ1n) is 4.97. The van der Waals surface area contributed by atoms with Gasteiger partial charge in [0.15, 0.2) is 0 Å². The van der Waals surface area contributed by atoms with Crippen molar-refractivity contribution < 1.29 is 9.90 Å². The summed E-state index contributed by atoms with van der Waals surface area (Å²) < 4.78 is 0. The summed E-state index contributed by atoms with van der Waals surface area (Å²) in [4.78, 5) is 15.4. The van der Waals surface area contributed by atoms with Gasteiger partial charge in [-0.2, -0.15) is 0 Å². The van der Waals surface area contributed by atoms with Crippen LogP contribution in [0.5, 0.6) is 0 Å². The third kappa shape index (κ3) is 3.67. The van der Waals surface area contributed by atoms with Crippen LogP contribution in [0.3, 0.4) is 0 Å². The van der Waals surface area contributed by atoms with Crippen molar-refractivity contribution >= 4 is 5.91 Å². The standard InChI is InChI=1S/C11H16N2O2/c1-8(2)10(14)7-13-11(15)9-4-3-5-12-6-9/h3-6,8,10,14H,7H2,1-2H3,(H,13,15). The van der Waals surface area contributed by atoms with Crippen molar-refractivity contribution in [3.05, 3.63) is 30.1 Å². The minimum atomic E-state index is -0.509. The van der Waals surface area contributed by atoms with Crippen LogP contribution in [0, 0.1) is 5.92 Å². The first-order chi connectivity index (χ1) is 7.11. The lowest BCUT2D eigenvalue weighted by Gasteiger charge is -2.14. The first kappa shape index (κ1) is 11.7. The Hall–Kier alpha value is -1.42. The van der Waals surface area contributed by atoms with E-state index in [1.165, 1.54) is 6.20 Å². The number of carbonyl (C=O) groups is 1. The topological polar surface area (TPSA) is 62.2 Å². The first-order valence-corrected chi connectivity index (χ1v) is 4.97. The van der Waals surface area contributed by atoms with Crippen LogP contribution in [0.2, 0.25) is 0 Å². The Kier molecular flexibility index (Phi) is 4.24. The molecule has 4 nitrogen and oxygen atoms in total. The fourth-order valence-corrected chi connectivity index (χ4v) is 1.03. The average molecular weight is 208 g/mol. The van der Waals surface area contributed by atoms with Gasteiger partial charge < -0.3 is 10.4 Å². The highest BCUT2D eigenvalue weighted by Crippen LogP contribution is 2.00. The normalized spacial score (nSPS) is 12.5. The molecule has 0 saturated heterocycles. The number of rotatable bonds is 4. The van der Waals surface area contributed by atoms with Crippen LogP contribution >= 0.6 is 0 Å². The van der Waals surface area contributed by atoms with Crippen LogP contribution in [0.15, 0.2) is 24.5 Å². The zero-order valence-electron chi connectivity index (χ0n) is 8.97. The lowest BCUT2D eigenvalue weighted by molar-refractivity contribution is 0.0871. The largest absolute Gasteiger partial charge is 0.391 e. The molecule has 0 fully saturated rings. The number of amides is 1. The van der Waals surface area contributed by atoms with Gasteiger partial charge >= 0.3 is 0 Å². The highest BCUT2D eigenvalue weighted by Gasteiger charge is 2.11. The summed E-state index contributed by atoms with van der Waals surface area (Å²) in [7, 11) is 0. The average Bonchev–Trinajstić information content (AvgIpc) is 2.26. The molecule has 0 aliphatic heterocycles. The van der Waals surface area contributed by atoms with E-state index in [1.54, 1.807) is 18.3 Å². The molecule has 2 N–H and O–H groups in total. The fraction of sp³-hybridized carbons (Fsp3) is 0.455. The van der Waals surface area contributed by atoms with Crippen molar-refractivity contribution in [3.63, 3.8) is 0 Å². The van der Waals surface area contributed by atoms with E-state index in [-0.39, 0.29) is 18.4 Å². The molecule has 1 heterocycles. The van der Waals surface area contributed by atoms with Gasteiger partial charge in [0, 0.05) is 18.9 Å². The van der Waals surface area contributed by atoms with Crippen LogP contribution in [0.4, 0.5) is 0 Å². The van der Waals surface area contributed by atoms with Crippen molar-refractivity contribution in [3.8, 4) is 0 Å². The molecule has 0 aliphatic carbocycles. The van der Waals surface area contributed by atoms with E-state index in [9.17, 15) is 9.90 Å². The smallest absolute Gasteiger partial charge is 0.252 e. The number of hydrogen-bond acceptors (Lipinski definition) is 3. The molecule has 1 unspecified atom stereocenters. The van der Waals surface area contributed by atoms with Crippen molar-refractivity contribution in [2.75, 3.05) is 6.54 Å². The minimum absolute atomic E-state index is 0.138. The summed E-state index contributed by atoms with van der Waals surface area (Å²) in [5, 5.41) is 12.1. The van der Waals surface area contributed by atoms with E-state index in [0.29, 0.717) is 5.56 Å². The lowest BCUT2D eigenvalue weighted by atomic mass is 10.1. The van der Waals surface area contributed by atoms with Crippen molar-refractivity contribution in [2.24, 2.45) is 5.92 Å². The second-order valence-corrected chi connectivity index (χ2v) is 3.76. The van der Waals surface area contributed by atoms with E-state index >= 15 is 0 Å². The number of nitrogens with one attached hydrogen (secondary N) is 1. The highest BCUT2D eigenvalue weighted by atomic mass is 16.3. The van der Waals surface area contributed by atoms with Gasteiger partial charge in [0.25, 0.3) is 5.91 Å². The molecule has 0 radical (unpaired) electrons. The van der Waals surface area contributed by atoms with E-state index in [0.717, 1.165) is 0 Å². The Bertz CT molecular complexity index is 312.